The van der Waals surface area contributed by atoms with E-state index in [2.05, 4.69) is 10.4 Å². The van der Waals surface area contributed by atoms with E-state index >= 15 is 0 Å². The number of rotatable bonds is 1. The molecule has 2 aliphatic heterocycles. The molecule has 0 spiro atoms. The molecule has 0 radical (unpaired) electrons. The monoisotopic (exact) mass is 350 g/mol. The summed E-state index contributed by atoms with van der Waals surface area (Å²) in [6.45, 7) is 0.833. The Bertz CT molecular complexity index is 856. The first-order valence-corrected chi connectivity index (χ1v) is 7.68. The lowest BCUT2D eigenvalue weighted by Crippen LogP contribution is -2.35. The average molecular weight is 350 g/mol. The Hall–Kier alpha value is -2.89. The Morgan fingerprint density at radius 3 is 2.72 bits per heavy atom. The van der Waals surface area contributed by atoms with Crippen molar-refractivity contribution in [3.63, 3.8) is 0 Å². The number of anilines is 1. The molecule has 2 atom stereocenters. The van der Waals surface area contributed by atoms with Gasteiger partial charge in [0.2, 0.25) is 0 Å². The van der Waals surface area contributed by atoms with Gasteiger partial charge in [-0.25, -0.2) is 4.68 Å². The van der Waals surface area contributed by atoms with Gasteiger partial charge in [0, 0.05) is 6.42 Å². The number of ether oxygens (including phenoxy) is 2. The summed E-state index contributed by atoms with van der Waals surface area (Å²) in [6.07, 6.45) is -3.56. The number of nitrogens with one attached hydrogen (secondary N) is 1. The maximum Gasteiger partial charge on any atom is 0.410 e. The first-order chi connectivity index (χ1) is 12.0. The molecule has 9 heteroatoms. The molecule has 0 saturated carbocycles. The van der Waals surface area contributed by atoms with Crippen molar-refractivity contribution in [2.24, 2.45) is 0 Å². The summed E-state index contributed by atoms with van der Waals surface area (Å²) in [7, 11) is 0. The van der Waals surface area contributed by atoms with E-state index in [1.807, 2.05) is 6.07 Å². The van der Waals surface area contributed by atoms with Gasteiger partial charge in [-0.05, 0) is 17.7 Å². The molecular formula is C16H13F3N4O2. The van der Waals surface area contributed by atoms with Crippen molar-refractivity contribution in [2.45, 2.75) is 24.7 Å². The number of nitriles is 1. The standard InChI is InChI=1S/C16H13F3N4O2/c17-16(18,19)14-6-11(22-15-10(7-20)8-21-23(14)15)9-1-2-12-13(5-9)25-4-3-24-12/h1-2,5,8,11,14,22H,3-4,6H2/t11-,14+/m1/s1. The van der Waals surface area contributed by atoms with Crippen LogP contribution in [0.2, 0.25) is 0 Å². The predicted molar refractivity (Wildman–Crippen MR) is 80.4 cm³/mol. The molecule has 0 aliphatic carbocycles. The molecule has 0 unspecified atom stereocenters. The second-order valence-electron chi connectivity index (χ2n) is 5.86. The van der Waals surface area contributed by atoms with Crippen LogP contribution >= 0.6 is 0 Å². The molecule has 0 fully saturated rings. The highest BCUT2D eigenvalue weighted by atomic mass is 19.4. The fourth-order valence-electron chi connectivity index (χ4n) is 3.14. The summed E-state index contributed by atoms with van der Waals surface area (Å²) in [4.78, 5) is 0. The largest absolute Gasteiger partial charge is 0.486 e. The zero-order valence-electron chi connectivity index (χ0n) is 12.9. The lowest BCUT2D eigenvalue weighted by atomic mass is 9.96. The van der Waals surface area contributed by atoms with Gasteiger partial charge in [0.25, 0.3) is 0 Å². The van der Waals surface area contributed by atoms with E-state index in [0.29, 0.717) is 30.3 Å². The fraction of sp³-hybridized carbons (Fsp3) is 0.375. The lowest BCUT2D eigenvalue weighted by Gasteiger charge is -2.34. The number of nitrogens with zero attached hydrogens (tertiary/aromatic N) is 3. The van der Waals surface area contributed by atoms with Gasteiger partial charge in [-0.2, -0.15) is 23.5 Å². The molecule has 0 amide bonds. The molecule has 130 valence electrons. The van der Waals surface area contributed by atoms with Gasteiger partial charge in [-0.3, -0.25) is 0 Å². The smallest absolute Gasteiger partial charge is 0.410 e. The summed E-state index contributed by atoms with van der Waals surface area (Å²) in [5.41, 5.74) is 0.714. The minimum absolute atomic E-state index is 0.0796. The van der Waals surface area contributed by atoms with Crippen molar-refractivity contribution in [1.29, 1.82) is 5.26 Å². The highest BCUT2D eigenvalue weighted by molar-refractivity contribution is 5.55. The van der Waals surface area contributed by atoms with Gasteiger partial charge >= 0.3 is 6.18 Å². The Labute approximate surface area is 140 Å². The first-order valence-electron chi connectivity index (χ1n) is 7.68. The fourth-order valence-corrected chi connectivity index (χ4v) is 3.14. The normalized spacial score (nSPS) is 21.8. The van der Waals surface area contributed by atoms with Gasteiger partial charge in [-0.1, -0.05) is 6.07 Å². The summed E-state index contributed by atoms with van der Waals surface area (Å²) in [6, 6.07) is 4.51. The van der Waals surface area contributed by atoms with E-state index in [-0.39, 0.29) is 17.8 Å². The van der Waals surface area contributed by atoms with Gasteiger partial charge in [0.1, 0.15) is 30.7 Å². The van der Waals surface area contributed by atoms with Crippen LogP contribution in [0, 0.1) is 11.3 Å². The number of benzene rings is 1. The maximum atomic E-state index is 13.5. The number of alkyl halides is 3. The number of hydrogen-bond acceptors (Lipinski definition) is 5. The topological polar surface area (TPSA) is 72.1 Å². The van der Waals surface area contributed by atoms with Crippen LogP contribution in [0.4, 0.5) is 19.0 Å². The summed E-state index contributed by atoms with van der Waals surface area (Å²) >= 11 is 0. The van der Waals surface area contributed by atoms with Gasteiger partial charge in [0.15, 0.2) is 17.5 Å². The van der Waals surface area contributed by atoms with Gasteiger partial charge in [0.05, 0.1) is 12.2 Å². The average Bonchev–Trinajstić information content (AvgIpc) is 3.02. The molecule has 0 bridgehead atoms. The Balaban J connectivity index is 1.73. The minimum Gasteiger partial charge on any atom is -0.486 e. The quantitative estimate of drug-likeness (QED) is 0.855. The van der Waals surface area contributed by atoms with E-state index in [1.54, 1.807) is 18.2 Å². The van der Waals surface area contributed by atoms with Crippen LogP contribution < -0.4 is 14.8 Å². The molecule has 6 nitrogen and oxygen atoms in total. The van der Waals surface area contributed by atoms with Crippen molar-refractivity contribution in [2.75, 3.05) is 18.5 Å². The summed E-state index contributed by atoms with van der Waals surface area (Å²) in [5, 5.41) is 15.9. The predicted octanol–water partition coefficient (Wildman–Crippen LogP) is 3.19. The first kappa shape index (κ1) is 15.6. The van der Waals surface area contributed by atoms with E-state index in [1.165, 1.54) is 0 Å². The van der Waals surface area contributed by atoms with Crippen molar-refractivity contribution >= 4 is 5.82 Å². The van der Waals surface area contributed by atoms with Crippen LogP contribution in [0.3, 0.4) is 0 Å². The van der Waals surface area contributed by atoms with Crippen molar-refractivity contribution < 1.29 is 22.6 Å². The van der Waals surface area contributed by atoms with Crippen LogP contribution in [0.5, 0.6) is 11.5 Å². The highest BCUT2D eigenvalue weighted by Crippen LogP contribution is 2.45. The van der Waals surface area contributed by atoms with Gasteiger partial charge in [-0.15, -0.1) is 0 Å². The van der Waals surface area contributed by atoms with Crippen LogP contribution in [0.25, 0.3) is 0 Å². The Morgan fingerprint density at radius 1 is 1.24 bits per heavy atom. The molecule has 0 saturated heterocycles. The van der Waals surface area contributed by atoms with E-state index < -0.39 is 18.3 Å². The van der Waals surface area contributed by atoms with Crippen molar-refractivity contribution in [1.82, 2.24) is 9.78 Å². The van der Waals surface area contributed by atoms with E-state index in [0.717, 1.165) is 10.9 Å². The Morgan fingerprint density at radius 2 is 2.00 bits per heavy atom. The minimum atomic E-state index is -4.47. The molecule has 25 heavy (non-hydrogen) atoms. The lowest BCUT2D eigenvalue weighted by molar-refractivity contribution is -0.173. The number of hydrogen-bond donors (Lipinski definition) is 1. The molecular weight excluding hydrogens is 337 g/mol. The molecule has 4 rings (SSSR count). The SMILES string of the molecule is N#Cc1cnn2c1N[C@@H](c1ccc3c(c1)OCCO3)C[C@H]2C(F)(F)F. The Kier molecular flexibility index (Phi) is 3.49. The van der Waals surface area contributed by atoms with Crippen LogP contribution in [0.15, 0.2) is 24.4 Å². The van der Waals surface area contributed by atoms with Crippen molar-refractivity contribution in [3.05, 3.63) is 35.5 Å². The molecule has 2 aromatic rings. The number of halogens is 3. The molecule has 1 aromatic carbocycles. The third kappa shape index (κ3) is 2.63. The molecule has 1 N–H and O–H groups in total. The van der Waals surface area contributed by atoms with E-state index in [9.17, 15) is 13.2 Å². The zero-order chi connectivity index (χ0) is 17.6. The zero-order valence-corrected chi connectivity index (χ0v) is 12.9. The third-order valence-electron chi connectivity index (χ3n) is 4.33. The molecule has 1 aromatic heterocycles. The van der Waals surface area contributed by atoms with Crippen molar-refractivity contribution in [3.8, 4) is 17.6 Å². The number of aromatic nitrogens is 2. The molecule has 3 heterocycles. The van der Waals surface area contributed by atoms with Crippen LogP contribution in [-0.2, 0) is 0 Å². The maximum absolute atomic E-state index is 13.5. The third-order valence-corrected chi connectivity index (χ3v) is 4.33. The van der Waals surface area contributed by atoms with Gasteiger partial charge < -0.3 is 14.8 Å². The highest BCUT2D eigenvalue weighted by Gasteiger charge is 2.47. The van der Waals surface area contributed by atoms with Crippen LogP contribution in [-0.4, -0.2) is 29.2 Å². The second kappa shape index (κ2) is 5.58. The molecule has 2 aliphatic rings. The van der Waals surface area contributed by atoms with E-state index in [4.69, 9.17) is 14.7 Å². The summed E-state index contributed by atoms with van der Waals surface area (Å²) < 4.78 is 52.2. The number of fused-ring (bicyclic) bond motifs is 2. The second-order valence-corrected chi connectivity index (χ2v) is 5.86. The van der Waals surface area contributed by atoms with Crippen LogP contribution in [0.1, 0.15) is 29.6 Å². The summed E-state index contributed by atoms with van der Waals surface area (Å²) in [5.74, 6) is 1.16.